The summed E-state index contributed by atoms with van der Waals surface area (Å²) in [5.41, 5.74) is 0. The van der Waals surface area contributed by atoms with Gasteiger partial charge in [0, 0.05) is 12.3 Å². The van der Waals surface area contributed by atoms with Gasteiger partial charge in [-0.2, -0.15) is 0 Å². The fourth-order valence-corrected chi connectivity index (χ4v) is 2.65. The molecule has 84 valence electrons. The van der Waals surface area contributed by atoms with Crippen LogP contribution < -0.4 is 5.32 Å². The van der Waals surface area contributed by atoms with E-state index >= 15 is 0 Å². The molecule has 1 heterocycles. The first-order valence-electron chi connectivity index (χ1n) is 4.58. The zero-order valence-electron chi connectivity index (χ0n) is 8.33. The minimum Gasteiger partial charge on any atom is -0.301 e. The van der Waals surface area contributed by atoms with E-state index in [1.54, 1.807) is 11.8 Å². The number of carbonyl (C=O) groups excluding carboxylic acids is 1. The highest BCUT2D eigenvalue weighted by molar-refractivity contribution is 8.01. The summed E-state index contributed by atoms with van der Waals surface area (Å²) in [5.74, 6) is 1.40. The van der Waals surface area contributed by atoms with E-state index in [1.165, 1.54) is 11.3 Å². The largest absolute Gasteiger partial charge is 0.301 e. The Balaban J connectivity index is 2.39. The summed E-state index contributed by atoms with van der Waals surface area (Å²) in [4.78, 5) is 11.3. The summed E-state index contributed by atoms with van der Waals surface area (Å²) in [5, 5.41) is 11.0. The normalized spacial score (nSPS) is 10.3. The van der Waals surface area contributed by atoms with E-state index in [0.717, 1.165) is 10.1 Å². The van der Waals surface area contributed by atoms with E-state index in [-0.39, 0.29) is 5.91 Å². The van der Waals surface area contributed by atoms with Crippen molar-refractivity contribution in [3.8, 4) is 0 Å². The van der Waals surface area contributed by atoms with Gasteiger partial charge < -0.3 is 5.32 Å². The third-order valence-electron chi connectivity index (χ3n) is 1.46. The molecule has 0 saturated carbocycles. The average Bonchev–Trinajstić information content (AvgIpc) is 2.63. The van der Waals surface area contributed by atoms with Crippen LogP contribution in [0.5, 0.6) is 0 Å². The topological polar surface area (TPSA) is 54.9 Å². The van der Waals surface area contributed by atoms with Gasteiger partial charge in [0.2, 0.25) is 11.0 Å². The molecule has 1 N–H and O–H groups in total. The molecule has 0 aliphatic carbocycles. The van der Waals surface area contributed by atoms with Crippen LogP contribution >= 0.6 is 34.7 Å². The van der Waals surface area contributed by atoms with Gasteiger partial charge in [-0.3, -0.25) is 4.79 Å². The Hall–Kier alpha value is -0.330. The monoisotopic (exact) mass is 265 g/mol. The molecule has 1 amide bonds. The minimum absolute atomic E-state index is 0.0557. The Morgan fingerprint density at radius 3 is 3.07 bits per heavy atom. The summed E-state index contributed by atoms with van der Waals surface area (Å²) in [6, 6.07) is 0. The van der Waals surface area contributed by atoms with Crippen LogP contribution in [0.1, 0.15) is 19.8 Å². The Morgan fingerprint density at radius 1 is 1.60 bits per heavy atom. The lowest BCUT2D eigenvalue weighted by Gasteiger charge is -1.97. The second kappa shape index (κ2) is 7.03. The lowest BCUT2D eigenvalue weighted by molar-refractivity contribution is -0.116. The summed E-state index contributed by atoms with van der Waals surface area (Å²) >= 11 is 8.49. The summed E-state index contributed by atoms with van der Waals surface area (Å²) in [6.07, 6.45) is 1.11. The van der Waals surface area contributed by atoms with Gasteiger partial charge >= 0.3 is 0 Å². The van der Waals surface area contributed by atoms with Crippen LogP contribution in [0.4, 0.5) is 5.13 Å². The second-order valence-corrected chi connectivity index (χ2v) is 5.51. The smallest absolute Gasteiger partial charge is 0.226 e. The molecule has 1 aromatic rings. The fourth-order valence-electron chi connectivity index (χ4n) is 0.851. The maximum absolute atomic E-state index is 11.3. The Kier molecular flexibility index (Phi) is 5.97. The number of carbonyl (C=O) groups is 1. The van der Waals surface area contributed by atoms with E-state index in [4.69, 9.17) is 11.6 Å². The number of thioether (sulfide) groups is 1. The lowest BCUT2D eigenvalue weighted by Crippen LogP contribution is -2.10. The van der Waals surface area contributed by atoms with Crippen molar-refractivity contribution in [3.05, 3.63) is 0 Å². The molecule has 0 fully saturated rings. The van der Waals surface area contributed by atoms with Gasteiger partial charge in [0.1, 0.15) is 0 Å². The number of hydrogen-bond donors (Lipinski definition) is 1. The molecule has 1 rings (SSSR count). The molecule has 0 unspecified atom stereocenters. The molecule has 0 spiro atoms. The zero-order chi connectivity index (χ0) is 11.1. The first kappa shape index (κ1) is 12.7. The second-order valence-electron chi connectivity index (χ2n) is 2.65. The molecule has 15 heavy (non-hydrogen) atoms. The van der Waals surface area contributed by atoms with Crippen LogP contribution in [0.25, 0.3) is 0 Å². The SMILES string of the molecule is CCSc1nnc(NC(=O)CCCCl)s1. The molecular formula is C8H12ClN3OS2. The molecule has 0 saturated heterocycles. The van der Waals surface area contributed by atoms with Crippen molar-refractivity contribution in [2.24, 2.45) is 0 Å². The highest BCUT2D eigenvalue weighted by Gasteiger charge is 2.07. The summed E-state index contributed by atoms with van der Waals surface area (Å²) in [6.45, 7) is 2.05. The predicted octanol–water partition coefficient (Wildman–Crippen LogP) is 2.61. The first-order chi connectivity index (χ1) is 7.26. The Bertz CT molecular complexity index is 319. The molecule has 4 nitrogen and oxygen atoms in total. The van der Waals surface area contributed by atoms with Gasteiger partial charge in [-0.05, 0) is 12.2 Å². The third kappa shape index (κ3) is 4.81. The molecule has 0 aliphatic rings. The van der Waals surface area contributed by atoms with Crippen LogP contribution in [0.15, 0.2) is 4.34 Å². The Labute approximate surface area is 102 Å². The van der Waals surface area contributed by atoms with Crippen LogP contribution in [0.3, 0.4) is 0 Å². The number of nitrogens with one attached hydrogen (secondary N) is 1. The fraction of sp³-hybridized carbons (Fsp3) is 0.625. The van der Waals surface area contributed by atoms with Gasteiger partial charge in [-0.25, -0.2) is 0 Å². The zero-order valence-corrected chi connectivity index (χ0v) is 10.7. The van der Waals surface area contributed by atoms with Crippen molar-refractivity contribution >= 4 is 45.7 Å². The highest BCUT2D eigenvalue weighted by Crippen LogP contribution is 2.24. The molecule has 0 atom stereocenters. The number of nitrogens with zero attached hydrogens (tertiary/aromatic N) is 2. The predicted molar refractivity (Wildman–Crippen MR) is 64.9 cm³/mol. The van der Waals surface area contributed by atoms with Crippen LogP contribution in [0.2, 0.25) is 0 Å². The van der Waals surface area contributed by atoms with Crippen molar-refractivity contribution in [3.63, 3.8) is 0 Å². The minimum atomic E-state index is -0.0557. The van der Waals surface area contributed by atoms with Gasteiger partial charge in [-0.1, -0.05) is 30.0 Å². The van der Waals surface area contributed by atoms with Crippen molar-refractivity contribution in [1.29, 1.82) is 0 Å². The maximum atomic E-state index is 11.3. The first-order valence-corrected chi connectivity index (χ1v) is 6.92. The number of anilines is 1. The van der Waals surface area contributed by atoms with Gasteiger partial charge in [0.25, 0.3) is 0 Å². The maximum Gasteiger partial charge on any atom is 0.226 e. The molecule has 0 radical (unpaired) electrons. The van der Waals surface area contributed by atoms with Crippen molar-refractivity contribution in [1.82, 2.24) is 10.2 Å². The van der Waals surface area contributed by atoms with Crippen LogP contribution in [-0.2, 0) is 4.79 Å². The number of alkyl halides is 1. The van der Waals surface area contributed by atoms with E-state index < -0.39 is 0 Å². The van der Waals surface area contributed by atoms with E-state index in [1.807, 2.05) is 6.92 Å². The van der Waals surface area contributed by atoms with Crippen LogP contribution in [0, 0.1) is 0 Å². The number of amides is 1. The molecule has 0 bridgehead atoms. The molecule has 0 aromatic carbocycles. The quantitative estimate of drug-likeness (QED) is 0.488. The lowest BCUT2D eigenvalue weighted by atomic mass is 10.3. The average molecular weight is 266 g/mol. The molecular weight excluding hydrogens is 254 g/mol. The molecule has 0 aliphatic heterocycles. The van der Waals surface area contributed by atoms with Crippen molar-refractivity contribution in [2.45, 2.75) is 24.1 Å². The number of rotatable bonds is 6. The highest BCUT2D eigenvalue weighted by atomic mass is 35.5. The number of hydrogen-bond acceptors (Lipinski definition) is 5. The van der Waals surface area contributed by atoms with Gasteiger partial charge in [-0.15, -0.1) is 21.8 Å². The summed E-state index contributed by atoms with van der Waals surface area (Å²) in [7, 11) is 0. The van der Waals surface area contributed by atoms with E-state index in [9.17, 15) is 4.79 Å². The molecule has 1 aromatic heterocycles. The number of halogens is 1. The Morgan fingerprint density at radius 2 is 2.40 bits per heavy atom. The third-order valence-corrected chi connectivity index (χ3v) is 3.58. The van der Waals surface area contributed by atoms with E-state index in [2.05, 4.69) is 15.5 Å². The van der Waals surface area contributed by atoms with Gasteiger partial charge in [0.05, 0.1) is 0 Å². The van der Waals surface area contributed by atoms with Crippen LogP contribution in [-0.4, -0.2) is 27.7 Å². The van der Waals surface area contributed by atoms with Crippen molar-refractivity contribution in [2.75, 3.05) is 16.9 Å². The van der Waals surface area contributed by atoms with E-state index in [0.29, 0.717) is 23.9 Å². The molecule has 7 heteroatoms. The standard InChI is InChI=1S/C8H12ClN3OS2/c1-2-14-8-12-11-7(15-8)10-6(13)4-3-5-9/h2-5H2,1H3,(H,10,11,13). The van der Waals surface area contributed by atoms with Gasteiger partial charge in [0.15, 0.2) is 4.34 Å². The van der Waals surface area contributed by atoms with Crippen molar-refractivity contribution < 1.29 is 4.79 Å². The summed E-state index contributed by atoms with van der Waals surface area (Å²) < 4.78 is 0.880. The number of aromatic nitrogens is 2.